The van der Waals surface area contributed by atoms with Crippen LogP contribution in [-0.4, -0.2) is 25.4 Å². The summed E-state index contributed by atoms with van der Waals surface area (Å²) in [6.45, 7) is 2.54. The molecule has 0 amide bonds. The minimum Gasteiger partial charge on any atom is -0.508 e. The van der Waals surface area contributed by atoms with Crippen LogP contribution < -0.4 is 5.32 Å². The van der Waals surface area contributed by atoms with Gasteiger partial charge >= 0.3 is 0 Å². The van der Waals surface area contributed by atoms with Crippen molar-refractivity contribution in [2.75, 3.05) is 20.3 Å². The van der Waals surface area contributed by atoms with Crippen LogP contribution in [0.15, 0.2) is 36.4 Å². The maximum atomic E-state index is 10.1. The lowest BCUT2D eigenvalue weighted by atomic mass is 10.0. The lowest BCUT2D eigenvalue weighted by Gasteiger charge is -2.16. The van der Waals surface area contributed by atoms with Crippen molar-refractivity contribution < 1.29 is 9.84 Å². The van der Waals surface area contributed by atoms with E-state index in [9.17, 15) is 5.11 Å². The standard InChI is InChI=1S/C18H23NO2/c1-21-11-10-18(8-9-18)13-19-12-16-15-5-3-2-4-14(15)6-7-17(16)20/h2-7,19-20H,8-13H2,1H3. The lowest BCUT2D eigenvalue weighted by molar-refractivity contribution is 0.171. The average molecular weight is 285 g/mol. The van der Waals surface area contributed by atoms with E-state index in [4.69, 9.17) is 4.74 Å². The van der Waals surface area contributed by atoms with Crippen LogP contribution >= 0.6 is 0 Å². The van der Waals surface area contributed by atoms with Gasteiger partial charge in [0.1, 0.15) is 5.75 Å². The monoisotopic (exact) mass is 285 g/mol. The van der Waals surface area contributed by atoms with Gasteiger partial charge in [-0.05, 0) is 41.5 Å². The van der Waals surface area contributed by atoms with Crippen LogP contribution in [-0.2, 0) is 11.3 Å². The molecule has 1 aliphatic rings. The Balaban J connectivity index is 1.67. The summed E-state index contributed by atoms with van der Waals surface area (Å²) in [6.07, 6.45) is 3.69. The number of methoxy groups -OCH3 is 1. The summed E-state index contributed by atoms with van der Waals surface area (Å²) < 4.78 is 5.19. The van der Waals surface area contributed by atoms with E-state index < -0.39 is 0 Å². The molecule has 112 valence electrons. The average Bonchev–Trinajstić information content (AvgIpc) is 3.28. The van der Waals surface area contributed by atoms with Crippen molar-refractivity contribution in [3.05, 3.63) is 42.0 Å². The molecule has 0 heterocycles. The third-order valence-corrected chi connectivity index (χ3v) is 4.61. The van der Waals surface area contributed by atoms with Crippen LogP contribution in [0.3, 0.4) is 0 Å². The molecule has 2 N–H and O–H groups in total. The summed E-state index contributed by atoms with van der Waals surface area (Å²) in [5.41, 5.74) is 1.42. The molecule has 3 rings (SSSR count). The van der Waals surface area contributed by atoms with Crippen molar-refractivity contribution in [1.82, 2.24) is 5.32 Å². The Bertz CT molecular complexity index is 620. The van der Waals surface area contributed by atoms with E-state index >= 15 is 0 Å². The molecule has 0 bridgehead atoms. The van der Waals surface area contributed by atoms with Gasteiger partial charge in [-0.3, -0.25) is 0 Å². The molecule has 3 nitrogen and oxygen atoms in total. The highest BCUT2D eigenvalue weighted by Gasteiger charge is 2.41. The van der Waals surface area contributed by atoms with E-state index in [2.05, 4.69) is 17.4 Å². The molecule has 0 aliphatic heterocycles. The van der Waals surface area contributed by atoms with Gasteiger partial charge in [-0.25, -0.2) is 0 Å². The summed E-state index contributed by atoms with van der Waals surface area (Å²) in [4.78, 5) is 0. The maximum absolute atomic E-state index is 10.1. The fraction of sp³-hybridized carbons (Fsp3) is 0.444. The number of nitrogens with one attached hydrogen (secondary N) is 1. The van der Waals surface area contributed by atoms with E-state index in [0.717, 1.165) is 30.5 Å². The highest BCUT2D eigenvalue weighted by atomic mass is 16.5. The van der Waals surface area contributed by atoms with Crippen molar-refractivity contribution in [1.29, 1.82) is 0 Å². The molecule has 0 spiro atoms. The molecule has 2 aromatic carbocycles. The molecule has 0 aromatic heterocycles. The molecule has 21 heavy (non-hydrogen) atoms. The normalized spacial score (nSPS) is 16.2. The summed E-state index contributed by atoms with van der Waals surface area (Å²) in [5.74, 6) is 0.378. The van der Waals surface area contributed by atoms with Gasteiger partial charge in [0.25, 0.3) is 0 Å². The van der Waals surface area contributed by atoms with Crippen LogP contribution in [0.4, 0.5) is 0 Å². The molecule has 0 unspecified atom stereocenters. The maximum Gasteiger partial charge on any atom is 0.120 e. The van der Waals surface area contributed by atoms with Gasteiger partial charge < -0.3 is 15.2 Å². The Morgan fingerprint density at radius 2 is 2.00 bits per heavy atom. The third-order valence-electron chi connectivity index (χ3n) is 4.61. The fourth-order valence-electron chi connectivity index (χ4n) is 2.97. The number of benzene rings is 2. The molecule has 1 saturated carbocycles. The minimum absolute atomic E-state index is 0.378. The number of ether oxygens (including phenoxy) is 1. The van der Waals surface area contributed by atoms with E-state index in [0.29, 0.717) is 17.7 Å². The second kappa shape index (κ2) is 6.04. The first-order valence-electron chi connectivity index (χ1n) is 7.63. The predicted octanol–water partition coefficient (Wildman–Crippen LogP) is 3.45. The van der Waals surface area contributed by atoms with Crippen molar-refractivity contribution in [2.45, 2.75) is 25.8 Å². The van der Waals surface area contributed by atoms with Crippen molar-refractivity contribution in [3.8, 4) is 5.75 Å². The zero-order valence-electron chi connectivity index (χ0n) is 12.6. The first-order valence-corrected chi connectivity index (χ1v) is 7.63. The number of phenolic OH excluding ortho intramolecular Hbond substituents is 1. The van der Waals surface area contributed by atoms with E-state index in [-0.39, 0.29) is 0 Å². The molecular weight excluding hydrogens is 262 g/mol. The molecule has 1 aliphatic carbocycles. The lowest BCUT2D eigenvalue weighted by Crippen LogP contribution is -2.24. The SMILES string of the molecule is COCCC1(CNCc2c(O)ccc3ccccc23)CC1. The summed E-state index contributed by atoms with van der Waals surface area (Å²) >= 11 is 0. The molecular formula is C18H23NO2. The molecule has 3 heteroatoms. The highest BCUT2D eigenvalue weighted by Crippen LogP contribution is 2.48. The Hall–Kier alpha value is -1.58. The van der Waals surface area contributed by atoms with Gasteiger partial charge in [-0.15, -0.1) is 0 Å². The summed E-state index contributed by atoms with van der Waals surface area (Å²) in [6, 6.07) is 12.0. The van der Waals surface area contributed by atoms with Crippen LogP contribution in [0.5, 0.6) is 5.75 Å². The Kier molecular flexibility index (Phi) is 4.13. The van der Waals surface area contributed by atoms with Gasteiger partial charge in [0.05, 0.1) is 0 Å². The van der Waals surface area contributed by atoms with Gasteiger partial charge in [0.2, 0.25) is 0 Å². The van der Waals surface area contributed by atoms with E-state index in [1.165, 1.54) is 18.2 Å². The number of rotatable bonds is 7. The van der Waals surface area contributed by atoms with Crippen LogP contribution in [0.1, 0.15) is 24.8 Å². The molecule has 0 saturated heterocycles. The van der Waals surface area contributed by atoms with Crippen LogP contribution in [0.2, 0.25) is 0 Å². The first kappa shape index (κ1) is 14.4. The number of phenols is 1. The smallest absolute Gasteiger partial charge is 0.120 e. The second-order valence-electron chi connectivity index (χ2n) is 6.13. The molecule has 2 aromatic rings. The second-order valence-corrected chi connectivity index (χ2v) is 6.13. The Morgan fingerprint density at radius 3 is 2.76 bits per heavy atom. The Labute approximate surface area is 125 Å². The first-order chi connectivity index (χ1) is 10.2. The highest BCUT2D eigenvalue weighted by molar-refractivity contribution is 5.87. The van der Waals surface area contributed by atoms with Crippen LogP contribution in [0.25, 0.3) is 10.8 Å². The summed E-state index contributed by atoms with van der Waals surface area (Å²) in [7, 11) is 1.76. The topological polar surface area (TPSA) is 41.5 Å². The fourth-order valence-corrected chi connectivity index (χ4v) is 2.97. The predicted molar refractivity (Wildman–Crippen MR) is 85.5 cm³/mol. The molecule has 0 atom stereocenters. The van der Waals surface area contributed by atoms with Gasteiger partial charge in [-0.1, -0.05) is 30.3 Å². The largest absolute Gasteiger partial charge is 0.508 e. The van der Waals surface area contributed by atoms with E-state index in [1.807, 2.05) is 18.2 Å². The number of fused-ring (bicyclic) bond motifs is 1. The Morgan fingerprint density at radius 1 is 1.19 bits per heavy atom. The van der Waals surface area contributed by atoms with Gasteiger partial charge in [-0.2, -0.15) is 0 Å². The number of hydrogen-bond acceptors (Lipinski definition) is 3. The van der Waals surface area contributed by atoms with Crippen LogP contribution in [0, 0.1) is 5.41 Å². The molecule has 1 fully saturated rings. The zero-order chi connectivity index (χ0) is 14.7. The zero-order valence-corrected chi connectivity index (χ0v) is 12.6. The number of aromatic hydroxyl groups is 1. The molecule has 0 radical (unpaired) electrons. The van der Waals surface area contributed by atoms with Crippen molar-refractivity contribution in [2.24, 2.45) is 5.41 Å². The van der Waals surface area contributed by atoms with Crippen molar-refractivity contribution in [3.63, 3.8) is 0 Å². The quantitative estimate of drug-likeness (QED) is 0.818. The third kappa shape index (κ3) is 3.20. The van der Waals surface area contributed by atoms with E-state index in [1.54, 1.807) is 13.2 Å². The van der Waals surface area contributed by atoms with Gasteiger partial charge in [0.15, 0.2) is 0 Å². The number of hydrogen-bond donors (Lipinski definition) is 2. The van der Waals surface area contributed by atoms with Crippen molar-refractivity contribution >= 4 is 10.8 Å². The minimum atomic E-state index is 0.378. The summed E-state index contributed by atoms with van der Waals surface area (Å²) in [5, 5.41) is 16.0. The van der Waals surface area contributed by atoms with Gasteiger partial charge in [0, 0.05) is 32.4 Å².